The summed E-state index contributed by atoms with van der Waals surface area (Å²) >= 11 is 0. The van der Waals surface area contributed by atoms with Gasteiger partial charge in [0.15, 0.2) is 0 Å². The lowest BCUT2D eigenvalue weighted by Gasteiger charge is -2.28. The van der Waals surface area contributed by atoms with E-state index in [-0.39, 0.29) is 0 Å². The van der Waals surface area contributed by atoms with Gasteiger partial charge in [-0.2, -0.15) is 0 Å². The molecule has 1 N–H and O–H groups in total. The Morgan fingerprint density at radius 1 is 0.733 bits per heavy atom. The Hall–Kier alpha value is -0.0400. The van der Waals surface area contributed by atoms with Crippen molar-refractivity contribution >= 4 is 0 Å². The van der Waals surface area contributed by atoms with Gasteiger partial charge in [-0.3, -0.25) is 0 Å². The van der Waals surface area contributed by atoms with Crippen LogP contribution in [0.25, 0.3) is 0 Å². The summed E-state index contributed by atoms with van der Waals surface area (Å²) in [5, 5.41) is 3.86. The highest BCUT2D eigenvalue weighted by Crippen LogP contribution is 2.30. The molecule has 2 atom stereocenters. The van der Waals surface area contributed by atoms with Crippen molar-refractivity contribution in [1.82, 2.24) is 5.32 Å². The van der Waals surface area contributed by atoms with Gasteiger partial charge < -0.3 is 5.32 Å². The average molecular weight is 209 g/mol. The second-order valence-electron chi connectivity index (χ2n) is 5.83. The fourth-order valence-corrected chi connectivity index (χ4v) is 3.60. The summed E-state index contributed by atoms with van der Waals surface area (Å²) in [7, 11) is 0. The Balaban J connectivity index is 1.74. The van der Waals surface area contributed by atoms with E-state index in [0.717, 1.165) is 23.9 Å². The molecule has 0 aromatic heterocycles. The zero-order chi connectivity index (χ0) is 10.7. The maximum atomic E-state index is 3.86. The van der Waals surface area contributed by atoms with E-state index in [4.69, 9.17) is 0 Å². The normalized spacial score (nSPS) is 28.4. The second-order valence-corrected chi connectivity index (χ2v) is 5.83. The third-order valence-corrected chi connectivity index (χ3v) is 4.74. The first-order valence-electron chi connectivity index (χ1n) is 7.03. The maximum absolute atomic E-state index is 3.86. The molecule has 1 unspecified atom stereocenters. The highest BCUT2D eigenvalue weighted by atomic mass is 15.0. The van der Waals surface area contributed by atoms with Gasteiger partial charge in [0.05, 0.1) is 0 Å². The van der Waals surface area contributed by atoms with E-state index in [1.54, 1.807) is 0 Å². The van der Waals surface area contributed by atoms with Crippen molar-refractivity contribution in [3.63, 3.8) is 0 Å². The second kappa shape index (κ2) is 5.34. The van der Waals surface area contributed by atoms with Crippen LogP contribution in [0.2, 0.25) is 0 Å². The molecule has 1 heteroatoms. The molecule has 2 fully saturated rings. The number of hydrogen-bond acceptors (Lipinski definition) is 1. The predicted molar refractivity (Wildman–Crippen MR) is 66.0 cm³/mol. The molecular formula is C14H27N. The summed E-state index contributed by atoms with van der Waals surface area (Å²) in [4.78, 5) is 0. The van der Waals surface area contributed by atoms with Crippen LogP contribution in [0.15, 0.2) is 0 Å². The van der Waals surface area contributed by atoms with E-state index < -0.39 is 0 Å². The molecule has 0 radical (unpaired) electrons. The van der Waals surface area contributed by atoms with E-state index in [9.17, 15) is 0 Å². The van der Waals surface area contributed by atoms with Crippen LogP contribution in [0.3, 0.4) is 0 Å². The van der Waals surface area contributed by atoms with E-state index in [2.05, 4.69) is 19.2 Å². The van der Waals surface area contributed by atoms with Crippen LogP contribution < -0.4 is 5.32 Å². The standard InChI is InChI=1S/C14H27N/c1-11(13-7-3-4-8-13)15-12(2)14-9-5-6-10-14/h11-15H,3-10H2,1-2H3/t11-,12?/m0/s1. The molecule has 0 aromatic carbocycles. The molecule has 0 amide bonds. The molecule has 0 aliphatic heterocycles. The van der Waals surface area contributed by atoms with E-state index in [1.165, 1.54) is 51.4 Å². The zero-order valence-corrected chi connectivity index (χ0v) is 10.5. The Morgan fingerprint density at radius 3 is 1.40 bits per heavy atom. The molecule has 88 valence electrons. The lowest BCUT2D eigenvalue weighted by Crippen LogP contribution is -2.42. The van der Waals surface area contributed by atoms with E-state index in [0.29, 0.717) is 0 Å². The first-order valence-corrected chi connectivity index (χ1v) is 7.03. The van der Waals surface area contributed by atoms with Crippen molar-refractivity contribution < 1.29 is 0 Å². The zero-order valence-electron chi connectivity index (χ0n) is 10.5. The van der Waals surface area contributed by atoms with Crippen LogP contribution in [0, 0.1) is 11.8 Å². The summed E-state index contributed by atoms with van der Waals surface area (Å²) in [6.07, 6.45) is 11.7. The first-order chi connectivity index (χ1) is 7.27. The van der Waals surface area contributed by atoms with Gasteiger partial charge in [0, 0.05) is 12.1 Å². The predicted octanol–water partition coefficient (Wildman–Crippen LogP) is 3.73. The fourth-order valence-electron chi connectivity index (χ4n) is 3.60. The summed E-state index contributed by atoms with van der Waals surface area (Å²) in [5.74, 6) is 1.93. The Kier molecular flexibility index (Phi) is 4.07. The highest BCUT2D eigenvalue weighted by Gasteiger charge is 2.26. The third kappa shape index (κ3) is 2.96. The van der Waals surface area contributed by atoms with Gasteiger partial charge in [-0.15, -0.1) is 0 Å². The van der Waals surface area contributed by atoms with Gasteiger partial charge >= 0.3 is 0 Å². The lowest BCUT2D eigenvalue weighted by molar-refractivity contribution is 0.295. The molecule has 1 nitrogen and oxygen atoms in total. The summed E-state index contributed by atoms with van der Waals surface area (Å²) < 4.78 is 0. The van der Waals surface area contributed by atoms with Crippen molar-refractivity contribution in [2.75, 3.05) is 0 Å². The minimum Gasteiger partial charge on any atom is -0.311 e. The minimum absolute atomic E-state index is 0.753. The molecule has 0 aromatic rings. The minimum atomic E-state index is 0.753. The Labute approximate surface area is 95.0 Å². The lowest BCUT2D eigenvalue weighted by atomic mass is 9.95. The maximum Gasteiger partial charge on any atom is 0.00695 e. The van der Waals surface area contributed by atoms with Gasteiger partial charge in [0.2, 0.25) is 0 Å². The van der Waals surface area contributed by atoms with Gasteiger partial charge in [-0.05, 0) is 51.4 Å². The third-order valence-electron chi connectivity index (χ3n) is 4.74. The quantitative estimate of drug-likeness (QED) is 0.744. The van der Waals surface area contributed by atoms with Gasteiger partial charge in [0.1, 0.15) is 0 Å². The molecule has 0 bridgehead atoms. The molecule has 2 rings (SSSR count). The molecule has 0 saturated heterocycles. The molecule has 2 aliphatic rings. The largest absolute Gasteiger partial charge is 0.311 e. The van der Waals surface area contributed by atoms with Crippen molar-refractivity contribution in [3.8, 4) is 0 Å². The smallest absolute Gasteiger partial charge is 0.00695 e. The van der Waals surface area contributed by atoms with Crippen LogP contribution in [0.4, 0.5) is 0 Å². The van der Waals surface area contributed by atoms with Gasteiger partial charge in [-0.25, -0.2) is 0 Å². The molecule has 0 spiro atoms. The Bertz CT molecular complexity index is 158. The van der Waals surface area contributed by atoms with Crippen LogP contribution in [-0.4, -0.2) is 12.1 Å². The summed E-state index contributed by atoms with van der Waals surface area (Å²) in [5.41, 5.74) is 0. The molecule has 2 saturated carbocycles. The summed E-state index contributed by atoms with van der Waals surface area (Å²) in [6.45, 7) is 4.81. The number of nitrogens with one attached hydrogen (secondary N) is 1. The van der Waals surface area contributed by atoms with Crippen molar-refractivity contribution in [2.45, 2.75) is 77.3 Å². The van der Waals surface area contributed by atoms with E-state index in [1.807, 2.05) is 0 Å². The van der Waals surface area contributed by atoms with Crippen LogP contribution in [0.5, 0.6) is 0 Å². The van der Waals surface area contributed by atoms with Crippen molar-refractivity contribution in [3.05, 3.63) is 0 Å². The van der Waals surface area contributed by atoms with Crippen LogP contribution >= 0.6 is 0 Å². The summed E-state index contributed by atoms with van der Waals surface area (Å²) in [6, 6.07) is 1.51. The number of rotatable bonds is 4. The van der Waals surface area contributed by atoms with Crippen molar-refractivity contribution in [2.24, 2.45) is 11.8 Å². The monoisotopic (exact) mass is 209 g/mol. The van der Waals surface area contributed by atoms with E-state index >= 15 is 0 Å². The van der Waals surface area contributed by atoms with Crippen molar-refractivity contribution in [1.29, 1.82) is 0 Å². The molecule has 2 aliphatic carbocycles. The van der Waals surface area contributed by atoms with Gasteiger partial charge in [-0.1, -0.05) is 25.7 Å². The number of hydrogen-bond donors (Lipinski definition) is 1. The van der Waals surface area contributed by atoms with Gasteiger partial charge in [0.25, 0.3) is 0 Å². The molecule has 0 heterocycles. The fraction of sp³-hybridized carbons (Fsp3) is 1.00. The average Bonchev–Trinajstić information content (AvgIpc) is 2.91. The topological polar surface area (TPSA) is 12.0 Å². The first kappa shape index (κ1) is 11.4. The van der Waals surface area contributed by atoms with Crippen LogP contribution in [-0.2, 0) is 0 Å². The Morgan fingerprint density at radius 2 is 1.07 bits per heavy atom. The highest BCUT2D eigenvalue weighted by molar-refractivity contribution is 4.83. The molecular weight excluding hydrogens is 182 g/mol. The van der Waals surface area contributed by atoms with Crippen LogP contribution in [0.1, 0.15) is 65.2 Å². The molecule has 15 heavy (non-hydrogen) atoms. The SMILES string of the molecule is CC(N[C@@H](C)C1CCCC1)C1CCCC1.